The van der Waals surface area contributed by atoms with Gasteiger partial charge in [0.2, 0.25) is 0 Å². The van der Waals surface area contributed by atoms with Gasteiger partial charge in [-0.15, -0.1) is 0 Å². The topological polar surface area (TPSA) is 55.8 Å². The number of ether oxygens (including phenoxy) is 2. The molecule has 0 heterocycles. The number of carbonyl (C=O) groups excluding carboxylic acids is 1. The molecule has 0 unspecified atom stereocenters. The van der Waals surface area contributed by atoms with Crippen molar-refractivity contribution in [3.8, 4) is 17.2 Å². The quantitative estimate of drug-likeness (QED) is 0.190. The monoisotopic (exact) mass is 420 g/mol. The zero-order valence-electron chi connectivity index (χ0n) is 18.3. The number of fused-ring (bicyclic) bond motifs is 1. The van der Waals surface area contributed by atoms with Crippen LogP contribution in [0.4, 0.5) is 0 Å². The average Bonchev–Trinajstić information content (AvgIpc) is 2.80. The number of rotatable bonds is 12. The van der Waals surface area contributed by atoms with E-state index >= 15 is 0 Å². The SMILES string of the molecule is CCCCCCCCCCOc1cc(C(=O)Oc2ccccc2)c(O)c2ccccc12. The molecule has 0 aromatic heterocycles. The van der Waals surface area contributed by atoms with E-state index in [4.69, 9.17) is 9.47 Å². The maximum absolute atomic E-state index is 12.7. The molecule has 0 spiro atoms. The van der Waals surface area contributed by atoms with Gasteiger partial charge in [-0.3, -0.25) is 0 Å². The zero-order valence-corrected chi connectivity index (χ0v) is 18.3. The van der Waals surface area contributed by atoms with Gasteiger partial charge < -0.3 is 14.6 Å². The van der Waals surface area contributed by atoms with E-state index in [-0.39, 0.29) is 11.3 Å². The first kappa shape index (κ1) is 22.7. The highest BCUT2D eigenvalue weighted by Gasteiger charge is 2.19. The summed E-state index contributed by atoms with van der Waals surface area (Å²) in [5.74, 6) is 0.333. The Balaban J connectivity index is 1.65. The molecule has 3 aromatic rings. The van der Waals surface area contributed by atoms with E-state index < -0.39 is 5.97 Å². The van der Waals surface area contributed by atoms with Gasteiger partial charge in [-0.2, -0.15) is 0 Å². The Morgan fingerprint density at radius 3 is 2.13 bits per heavy atom. The number of phenolic OH excluding ortho intramolecular Hbond substituents is 1. The van der Waals surface area contributed by atoms with Crippen molar-refractivity contribution in [2.75, 3.05) is 6.61 Å². The van der Waals surface area contributed by atoms with Gasteiger partial charge in [0.1, 0.15) is 22.8 Å². The molecular weight excluding hydrogens is 388 g/mol. The van der Waals surface area contributed by atoms with Crippen molar-refractivity contribution >= 4 is 16.7 Å². The van der Waals surface area contributed by atoms with E-state index in [1.165, 1.54) is 38.5 Å². The number of aromatic hydroxyl groups is 1. The number of hydrogen-bond acceptors (Lipinski definition) is 4. The summed E-state index contributed by atoms with van der Waals surface area (Å²) in [5, 5.41) is 12.1. The summed E-state index contributed by atoms with van der Waals surface area (Å²) >= 11 is 0. The van der Waals surface area contributed by atoms with Gasteiger partial charge in [0.05, 0.1) is 6.61 Å². The van der Waals surface area contributed by atoms with Crippen LogP contribution in [0.25, 0.3) is 10.8 Å². The van der Waals surface area contributed by atoms with E-state index in [1.54, 1.807) is 36.4 Å². The lowest BCUT2D eigenvalue weighted by Crippen LogP contribution is -2.10. The zero-order chi connectivity index (χ0) is 21.9. The van der Waals surface area contributed by atoms with Gasteiger partial charge in [0.25, 0.3) is 0 Å². The van der Waals surface area contributed by atoms with Crippen LogP contribution in [0.1, 0.15) is 68.6 Å². The summed E-state index contributed by atoms with van der Waals surface area (Å²) in [6.07, 6.45) is 9.83. The van der Waals surface area contributed by atoms with E-state index in [2.05, 4.69) is 6.92 Å². The van der Waals surface area contributed by atoms with Crippen LogP contribution in [-0.2, 0) is 0 Å². The summed E-state index contributed by atoms with van der Waals surface area (Å²) in [6, 6.07) is 17.8. The minimum atomic E-state index is -0.605. The predicted octanol–water partition coefficient (Wildman–Crippen LogP) is 7.28. The number of para-hydroxylation sites is 1. The van der Waals surface area contributed by atoms with Crippen molar-refractivity contribution < 1.29 is 19.4 Å². The Morgan fingerprint density at radius 2 is 1.42 bits per heavy atom. The summed E-state index contributed by atoms with van der Waals surface area (Å²) in [5.41, 5.74) is 0.105. The second-order valence-corrected chi connectivity index (χ2v) is 7.84. The van der Waals surface area contributed by atoms with Crippen LogP contribution >= 0.6 is 0 Å². The molecule has 0 saturated carbocycles. The van der Waals surface area contributed by atoms with Crippen molar-refractivity contribution in [1.82, 2.24) is 0 Å². The highest BCUT2D eigenvalue weighted by Crippen LogP contribution is 2.36. The molecule has 31 heavy (non-hydrogen) atoms. The first-order valence-electron chi connectivity index (χ1n) is 11.4. The third-order valence-electron chi connectivity index (χ3n) is 5.41. The second-order valence-electron chi connectivity index (χ2n) is 7.84. The van der Waals surface area contributed by atoms with Crippen LogP contribution in [0.5, 0.6) is 17.2 Å². The predicted molar refractivity (Wildman–Crippen MR) is 125 cm³/mol. The van der Waals surface area contributed by atoms with Crippen LogP contribution in [0.3, 0.4) is 0 Å². The van der Waals surface area contributed by atoms with Gasteiger partial charge in [-0.1, -0.05) is 94.3 Å². The van der Waals surface area contributed by atoms with E-state index in [0.29, 0.717) is 23.5 Å². The van der Waals surface area contributed by atoms with Crippen LogP contribution in [0, 0.1) is 0 Å². The Morgan fingerprint density at radius 1 is 0.806 bits per heavy atom. The lowest BCUT2D eigenvalue weighted by atomic mass is 10.0. The number of benzene rings is 3. The highest BCUT2D eigenvalue weighted by atomic mass is 16.5. The molecule has 3 rings (SSSR count). The molecule has 0 fully saturated rings. The largest absolute Gasteiger partial charge is 0.506 e. The molecule has 0 atom stereocenters. The van der Waals surface area contributed by atoms with Crippen LogP contribution < -0.4 is 9.47 Å². The molecule has 0 saturated heterocycles. The van der Waals surface area contributed by atoms with Crippen molar-refractivity contribution in [2.24, 2.45) is 0 Å². The third-order valence-corrected chi connectivity index (χ3v) is 5.41. The molecular formula is C27H32O4. The Labute approximate surface area is 184 Å². The standard InChI is InChI=1S/C27H32O4/c1-2-3-4-5-6-7-8-14-19-30-25-20-24(26(28)23-18-13-12-17-22(23)25)27(29)31-21-15-10-9-11-16-21/h9-13,15-18,20,28H,2-8,14,19H2,1H3. The molecule has 4 nitrogen and oxygen atoms in total. The number of phenols is 1. The smallest absolute Gasteiger partial charge is 0.347 e. The first-order chi connectivity index (χ1) is 15.2. The van der Waals surface area contributed by atoms with Crippen molar-refractivity contribution in [3.05, 3.63) is 66.2 Å². The number of unbranched alkanes of at least 4 members (excludes halogenated alkanes) is 7. The fourth-order valence-corrected chi connectivity index (χ4v) is 3.67. The van der Waals surface area contributed by atoms with Gasteiger partial charge in [0.15, 0.2) is 0 Å². The van der Waals surface area contributed by atoms with Gasteiger partial charge >= 0.3 is 5.97 Å². The van der Waals surface area contributed by atoms with Gasteiger partial charge in [0, 0.05) is 10.8 Å². The van der Waals surface area contributed by atoms with Crippen molar-refractivity contribution in [2.45, 2.75) is 58.3 Å². The second kappa shape index (κ2) is 12.0. The average molecular weight is 421 g/mol. The molecule has 3 aromatic carbocycles. The highest BCUT2D eigenvalue weighted by molar-refractivity contribution is 6.04. The number of hydrogen-bond donors (Lipinski definition) is 1. The minimum Gasteiger partial charge on any atom is -0.506 e. The van der Waals surface area contributed by atoms with E-state index in [9.17, 15) is 9.90 Å². The Kier molecular flexibility index (Phi) is 8.77. The number of esters is 1. The molecule has 0 aliphatic carbocycles. The molecule has 164 valence electrons. The van der Waals surface area contributed by atoms with Crippen LogP contribution in [0.15, 0.2) is 60.7 Å². The normalized spacial score (nSPS) is 10.9. The maximum Gasteiger partial charge on any atom is 0.347 e. The Bertz CT molecular complexity index is 966. The van der Waals surface area contributed by atoms with E-state index in [1.807, 2.05) is 24.3 Å². The molecule has 0 bridgehead atoms. The van der Waals surface area contributed by atoms with Crippen molar-refractivity contribution in [1.29, 1.82) is 0 Å². The van der Waals surface area contributed by atoms with Crippen LogP contribution in [-0.4, -0.2) is 17.7 Å². The van der Waals surface area contributed by atoms with Crippen molar-refractivity contribution in [3.63, 3.8) is 0 Å². The lowest BCUT2D eigenvalue weighted by Gasteiger charge is -2.14. The Hall–Kier alpha value is -3.01. The van der Waals surface area contributed by atoms with Gasteiger partial charge in [-0.05, 0) is 24.6 Å². The number of carbonyl (C=O) groups is 1. The molecule has 0 amide bonds. The van der Waals surface area contributed by atoms with Gasteiger partial charge in [-0.25, -0.2) is 4.79 Å². The molecule has 0 aliphatic heterocycles. The fourth-order valence-electron chi connectivity index (χ4n) is 3.67. The molecule has 1 N–H and O–H groups in total. The third kappa shape index (κ3) is 6.48. The summed E-state index contributed by atoms with van der Waals surface area (Å²) in [6.45, 7) is 2.81. The van der Waals surface area contributed by atoms with Crippen LogP contribution in [0.2, 0.25) is 0 Å². The summed E-state index contributed by atoms with van der Waals surface area (Å²) in [7, 11) is 0. The summed E-state index contributed by atoms with van der Waals surface area (Å²) < 4.78 is 11.5. The minimum absolute atomic E-state index is 0.0871. The maximum atomic E-state index is 12.7. The molecule has 4 heteroatoms. The fraction of sp³-hybridized carbons (Fsp3) is 0.370. The molecule has 0 aliphatic rings. The molecule has 0 radical (unpaired) electrons. The summed E-state index contributed by atoms with van der Waals surface area (Å²) in [4.78, 5) is 12.7. The van der Waals surface area contributed by atoms with E-state index in [0.717, 1.165) is 18.2 Å². The lowest BCUT2D eigenvalue weighted by molar-refractivity contribution is 0.0731. The first-order valence-corrected chi connectivity index (χ1v) is 11.4.